The van der Waals surface area contributed by atoms with E-state index in [1.165, 1.54) is 0 Å². The Morgan fingerprint density at radius 3 is 2.25 bits per heavy atom. The molecule has 1 aliphatic heterocycles. The Bertz CT molecular complexity index is 1660. The number of phenolic OH excluding ortho intramolecular Hbond substituents is 1. The van der Waals surface area contributed by atoms with E-state index in [4.69, 9.17) is 28.4 Å². The monoisotopic (exact) mass is 843 g/mol. The molecule has 1 saturated heterocycles. The fourth-order valence-corrected chi connectivity index (χ4v) is 8.06. The van der Waals surface area contributed by atoms with Crippen LogP contribution in [0.4, 0.5) is 0 Å². The summed E-state index contributed by atoms with van der Waals surface area (Å²) in [5.74, 6) is 2.04. The fourth-order valence-electron chi connectivity index (χ4n) is 7.75. The molecule has 53 heavy (non-hydrogen) atoms. The predicted molar refractivity (Wildman–Crippen MR) is 212 cm³/mol. The smallest absolute Gasteiger partial charge is 0.329 e. The molecule has 288 valence electrons. The van der Waals surface area contributed by atoms with Crippen LogP contribution in [-0.2, 0) is 20.7 Å². The van der Waals surface area contributed by atoms with E-state index in [0.717, 1.165) is 66.9 Å². The van der Waals surface area contributed by atoms with Gasteiger partial charge in [-0.15, -0.1) is 0 Å². The number of carbonyl (C=O) groups excluding carboxylic acids is 2. The zero-order valence-electron chi connectivity index (χ0n) is 31.4. The third kappa shape index (κ3) is 10.2. The maximum Gasteiger partial charge on any atom is 0.329 e. The molecule has 1 aliphatic carbocycles. The number of likely N-dealkylation sites (tertiary alicyclic amines) is 1. The van der Waals surface area contributed by atoms with Crippen molar-refractivity contribution in [3.63, 3.8) is 0 Å². The highest BCUT2D eigenvalue weighted by Gasteiger charge is 2.41. The summed E-state index contributed by atoms with van der Waals surface area (Å²) in [4.78, 5) is 31.1. The van der Waals surface area contributed by atoms with Gasteiger partial charge in [-0.25, -0.2) is 4.79 Å². The molecule has 3 atom stereocenters. The molecule has 5 rings (SSSR count). The maximum atomic E-state index is 15.0. The number of rotatable bonds is 17. The number of alkyl halides is 1. The summed E-state index contributed by atoms with van der Waals surface area (Å²) in [5, 5.41) is 10.4. The molecule has 2 aliphatic rings. The topological polar surface area (TPSA) is 113 Å². The summed E-state index contributed by atoms with van der Waals surface area (Å²) in [5.41, 5.74) is 2.49. The molecule has 11 heteroatoms. The van der Waals surface area contributed by atoms with Crippen LogP contribution in [0, 0.1) is 5.92 Å². The van der Waals surface area contributed by atoms with Gasteiger partial charge in [0.2, 0.25) is 11.7 Å². The molecule has 10 nitrogen and oxygen atoms in total. The number of benzene rings is 3. The number of phenols is 1. The van der Waals surface area contributed by atoms with Crippen LogP contribution >= 0.6 is 22.6 Å². The van der Waals surface area contributed by atoms with Crippen molar-refractivity contribution in [3.05, 3.63) is 71.3 Å². The van der Waals surface area contributed by atoms with E-state index < -0.39 is 24.0 Å². The lowest BCUT2D eigenvalue weighted by atomic mass is 9.75. The van der Waals surface area contributed by atoms with E-state index in [0.29, 0.717) is 66.7 Å². The summed E-state index contributed by atoms with van der Waals surface area (Å²) in [6.45, 7) is 0.983. The van der Waals surface area contributed by atoms with Crippen molar-refractivity contribution in [2.24, 2.45) is 5.92 Å². The number of aromatic hydroxyl groups is 1. The minimum Gasteiger partial charge on any atom is -0.508 e. The standard InChI is InChI=1S/C42H54INO9/c1-48-35-20-18-28(24-36(35)49-2)17-19-34(30-14-10-15-32(45)25-30)53-42(47)33-16-8-9-22-44(33)41(46)39(29-12-6-5-7-13-29)31-26-37(50-3)40(51-4)38(27-31)52-23-11-21-43/h10,14-15,18,20,24-27,29,33-34,39,45H,5-9,11-13,16-17,19,21-23H2,1-4H3. The lowest BCUT2D eigenvalue weighted by Crippen LogP contribution is -2.51. The quantitative estimate of drug-likeness (QED) is 0.0618. The first-order valence-electron chi connectivity index (χ1n) is 18.8. The van der Waals surface area contributed by atoms with E-state index in [1.54, 1.807) is 51.5 Å². The largest absolute Gasteiger partial charge is 0.508 e. The molecule has 0 spiro atoms. The third-order valence-corrected chi connectivity index (χ3v) is 11.2. The first kappa shape index (κ1) is 40.3. The SMILES string of the molecule is COc1ccc(CCC(OC(=O)C2CCCCN2C(=O)C(c2cc(OC)c(OC)c(OCCCI)c2)C2CCCCC2)c2cccc(O)c2)cc1OC. The molecule has 1 heterocycles. The number of nitrogens with zero attached hydrogens (tertiary/aromatic N) is 1. The number of ether oxygens (including phenoxy) is 6. The Balaban J connectivity index is 1.44. The molecule has 2 fully saturated rings. The number of carbonyl (C=O) groups is 2. The number of hydrogen-bond acceptors (Lipinski definition) is 9. The number of amides is 1. The fraction of sp³-hybridized carbons (Fsp3) is 0.524. The van der Waals surface area contributed by atoms with Gasteiger partial charge in [-0.2, -0.15) is 0 Å². The van der Waals surface area contributed by atoms with Crippen molar-refractivity contribution in [3.8, 4) is 34.5 Å². The van der Waals surface area contributed by atoms with Gasteiger partial charge in [-0.3, -0.25) is 4.79 Å². The first-order valence-corrected chi connectivity index (χ1v) is 20.3. The van der Waals surface area contributed by atoms with Gasteiger partial charge in [-0.1, -0.05) is 60.1 Å². The van der Waals surface area contributed by atoms with Crippen LogP contribution < -0.4 is 23.7 Å². The predicted octanol–water partition coefficient (Wildman–Crippen LogP) is 8.59. The van der Waals surface area contributed by atoms with E-state index in [1.807, 2.05) is 36.4 Å². The van der Waals surface area contributed by atoms with Gasteiger partial charge in [0.15, 0.2) is 23.0 Å². The van der Waals surface area contributed by atoms with Crippen molar-refractivity contribution in [1.29, 1.82) is 0 Å². The second-order valence-corrected chi connectivity index (χ2v) is 14.9. The van der Waals surface area contributed by atoms with Crippen molar-refractivity contribution in [2.75, 3.05) is 46.0 Å². The second-order valence-electron chi connectivity index (χ2n) is 13.8. The minimum atomic E-state index is -0.734. The van der Waals surface area contributed by atoms with Crippen LogP contribution in [0.25, 0.3) is 0 Å². The zero-order chi connectivity index (χ0) is 37.7. The molecule has 3 unspecified atom stereocenters. The van der Waals surface area contributed by atoms with Gasteiger partial charge in [-0.05, 0) is 110 Å². The van der Waals surface area contributed by atoms with Crippen LogP contribution in [0.1, 0.15) is 92.9 Å². The lowest BCUT2D eigenvalue weighted by Gasteiger charge is -2.40. The molecule has 1 saturated carbocycles. The minimum absolute atomic E-state index is 0.0665. The molecular formula is C42H54INO9. The van der Waals surface area contributed by atoms with Crippen LogP contribution in [0.5, 0.6) is 34.5 Å². The molecule has 3 aromatic carbocycles. The van der Waals surface area contributed by atoms with E-state index in [-0.39, 0.29) is 17.6 Å². The number of methoxy groups -OCH3 is 4. The number of esters is 1. The van der Waals surface area contributed by atoms with Gasteiger partial charge in [0.25, 0.3) is 0 Å². The summed E-state index contributed by atoms with van der Waals surface area (Å²) < 4.78 is 35.9. The Kier molecular flexibility index (Phi) is 15.2. The summed E-state index contributed by atoms with van der Waals surface area (Å²) in [6, 6.07) is 15.7. The maximum absolute atomic E-state index is 15.0. The van der Waals surface area contributed by atoms with Crippen LogP contribution in [0.3, 0.4) is 0 Å². The summed E-state index contributed by atoms with van der Waals surface area (Å²) in [7, 11) is 6.38. The van der Waals surface area contributed by atoms with E-state index >= 15 is 4.79 Å². The molecule has 0 aromatic heterocycles. The van der Waals surface area contributed by atoms with Crippen LogP contribution in [0.15, 0.2) is 54.6 Å². The van der Waals surface area contributed by atoms with Gasteiger partial charge in [0.1, 0.15) is 17.9 Å². The first-order chi connectivity index (χ1) is 25.8. The molecule has 1 N–H and O–H groups in total. The number of piperidine rings is 1. The van der Waals surface area contributed by atoms with Crippen molar-refractivity contribution in [2.45, 2.75) is 88.7 Å². The average Bonchev–Trinajstić information content (AvgIpc) is 3.19. The van der Waals surface area contributed by atoms with Gasteiger partial charge in [0.05, 0.1) is 41.0 Å². The van der Waals surface area contributed by atoms with Crippen molar-refractivity contribution in [1.82, 2.24) is 4.90 Å². The molecule has 3 aromatic rings. The number of hydrogen-bond donors (Lipinski definition) is 1. The van der Waals surface area contributed by atoms with Crippen LogP contribution in [0.2, 0.25) is 0 Å². The molecular weight excluding hydrogens is 789 g/mol. The summed E-state index contributed by atoms with van der Waals surface area (Å²) >= 11 is 2.33. The van der Waals surface area contributed by atoms with E-state index in [2.05, 4.69) is 22.6 Å². The Hall–Kier alpha value is -3.87. The van der Waals surface area contributed by atoms with Gasteiger partial charge >= 0.3 is 5.97 Å². The summed E-state index contributed by atoms with van der Waals surface area (Å²) in [6.07, 6.45) is 8.49. The average molecular weight is 844 g/mol. The highest BCUT2D eigenvalue weighted by molar-refractivity contribution is 14.1. The van der Waals surface area contributed by atoms with Gasteiger partial charge < -0.3 is 38.4 Å². The number of aryl methyl sites for hydroxylation is 1. The van der Waals surface area contributed by atoms with Crippen molar-refractivity contribution >= 4 is 34.5 Å². The third-order valence-electron chi connectivity index (χ3n) is 10.5. The Morgan fingerprint density at radius 2 is 1.55 bits per heavy atom. The second kappa shape index (κ2) is 20.0. The molecule has 0 radical (unpaired) electrons. The van der Waals surface area contributed by atoms with E-state index in [9.17, 15) is 9.90 Å². The highest BCUT2D eigenvalue weighted by atomic mass is 127. The molecule has 1 amide bonds. The Morgan fingerprint density at radius 1 is 0.811 bits per heavy atom. The highest BCUT2D eigenvalue weighted by Crippen LogP contribution is 2.45. The number of halogens is 1. The molecule has 0 bridgehead atoms. The van der Waals surface area contributed by atoms with Gasteiger partial charge in [0, 0.05) is 11.0 Å². The lowest BCUT2D eigenvalue weighted by molar-refractivity contribution is -0.163. The van der Waals surface area contributed by atoms with Crippen LogP contribution in [-0.4, -0.2) is 73.9 Å². The van der Waals surface area contributed by atoms with Crippen molar-refractivity contribution < 1.29 is 43.1 Å². The zero-order valence-corrected chi connectivity index (χ0v) is 33.6. The normalized spacial score (nSPS) is 17.4. The Labute approximate surface area is 327 Å².